The molecule has 26 heavy (non-hydrogen) atoms. The molecule has 3 aromatic rings. The molecule has 2 amide bonds. The molecule has 1 unspecified atom stereocenters. The molecular weight excluding hydrogens is 414 g/mol. The molecule has 7 heteroatoms. The number of nitrogens with zero attached hydrogens (tertiary/aromatic N) is 2. The van der Waals surface area contributed by atoms with E-state index in [4.69, 9.17) is 0 Å². The molecule has 0 fully saturated rings. The molecule has 0 radical (unpaired) electrons. The zero-order valence-corrected chi connectivity index (χ0v) is 16.8. The fourth-order valence-electron chi connectivity index (χ4n) is 2.43. The molecule has 2 aromatic carbocycles. The van der Waals surface area contributed by atoms with Crippen LogP contribution in [0.15, 0.2) is 53.0 Å². The van der Waals surface area contributed by atoms with Crippen LogP contribution in [-0.2, 0) is 4.79 Å². The second-order valence-corrected chi connectivity index (χ2v) is 7.87. The molecule has 0 spiro atoms. The Morgan fingerprint density at radius 3 is 2.58 bits per heavy atom. The maximum absolute atomic E-state index is 12.4. The molecule has 0 aliphatic rings. The van der Waals surface area contributed by atoms with E-state index in [2.05, 4.69) is 26.2 Å². The van der Waals surface area contributed by atoms with Gasteiger partial charge < -0.3 is 10.2 Å². The first-order valence-corrected chi connectivity index (χ1v) is 9.71. The lowest BCUT2D eigenvalue weighted by Crippen LogP contribution is -2.39. The van der Waals surface area contributed by atoms with Gasteiger partial charge in [0.1, 0.15) is 5.01 Å². The average Bonchev–Trinajstić information content (AvgIpc) is 3.09. The number of thiazole rings is 1. The second-order valence-electron chi connectivity index (χ2n) is 5.89. The Hall–Kier alpha value is -2.25. The molecule has 5 nitrogen and oxygen atoms in total. The number of likely N-dealkylation sites (N-methyl/N-ethyl adjacent to an activating group) is 1. The normalized spacial score (nSPS) is 12.0. The maximum Gasteiger partial charge on any atom is 0.251 e. The SMILES string of the molecule is CC(c1nc2ccccc2s1)N(C)C(=O)CNC(=O)c1ccc(Br)cc1. The van der Waals surface area contributed by atoms with Gasteiger partial charge in [0.25, 0.3) is 5.91 Å². The van der Waals surface area contributed by atoms with Gasteiger partial charge in [-0.25, -0.2) is 4.98 Å². The highest BCUT2D eigenvalue weighted by atomic mass is 79.9. The quantitative estimate of drug-likeness (QED) is 0.663. The number of amides is 2. The molecule has 1 atom stereocenters. The van der Waals surface area contributed by atoms with Crippen LogP contribution in [0, 0.1) is 0 Å². The minimum Gasteiger partial charge on any atom is -0.343 e. The standard InChI is InChI=1S/C19H18BrN3O2S/c1-12(19-22-15-5-3-4-6-16(15)26-19)23(2)17(24)11-21-18(25)13-7-9-14(20)10-8-13/h3-10,12H,11H2,1-2H3,(H,21,25). The van der Waals surface area contributed by atoms with Crippen molar-refractivity contribution >= 4 is 49.3 Å². The van der Waals surface area contributed by atoms with Crippen molar-refractivity contribution in [3.63, 3.8) is 0 Å². The summed E-state index contributed by atoms with van der Waals surface area (Å²) < 4.78 is 1.99. The average molecular weight is 432 g/mol. The van der Waals surface area contributed by atoms with Gasteiger partial charge in [0.2, 0.25) is 5.91 Å². The first-order chi connectivity index (χ1) is 12.5. The van der Waals surface area contributed by atoms with Gasteiger partial charge in [0.05, 0.1) is 22.8 Å². The van der Waals surface area contributed by atoms with Crippen LogP contribution in [0.3, 0.4) is 0 Å². The molecule has 0 aliphatic carbocycles. The fraction of sp³-hybridized carbons (Fsp3) is 0.211. The summed E-state index contributed by atoms with van der Waals surface area (Å²) in [7, 11) is 1.73. The summed E-state index contributed by atoms with van der Waals surface area (Å²) in [6, 6.07) is 14.7. The molecule has 0 aliphatic heterocycles. The van der Waals surface area contributed by atoms with Crippen molar-refractivity contribution in [3.8, 4) is 0 Å². The number of benzene rings is 2. The van der Waals surface area contributed by atoms with E-state index in [1.165, 1.54) is 0 Å². The largest absolute Gasteiger partial charge is 0.343 e. The predicted molar refractivity (Wildman–Crippen MR) is 107 cm³/mol. The smallest absolute Gasteiger partial charge is 0.251 e. The number of para-hydroxylation sites is 1. The first-order valence-electron chi connectivity index (χ1n) is 8.10. The summed E-state index contributed by atoms with van der Waals surface area (Å²) in [5.41, 5.74) is 1.45. The number of aromatic nitrogens is 1. The molecular formula is C19H18BrN3O2S. The molecule has 3 rings (SSSR count). The van der Waals surface area contributed by atoms with Crippen LogP contribution in [0.4, 0.5) is 0 Å². The minimum absolute atomic E-state index is 0.0549. The summed E-state index contributed by atoms with van der Waals surface area (Å²) in [6.45, 7) is 1.88. The number of hydrogen-bond acceptors (Lipinski definition) is 4. The number of halogens is 1. The van der Waals surface area contributed by atoms with Crippen molar-refractivity contribution in [2.24, 2.45) is 0 Å². The van der Waals surface area contributed by atoms with E-state index in [9.17, 15) is 9.59 Å². The Kier molecular flexibility index (Phi) is 5.68. The number of fused-ring (bicyclic) bond motifs is 1. The zero-order chi connectivity index (χ0) is 18.7. The lowest BCUT2D eigenvalue weighted by Gasteiger charge is -2.23. The molecule has 1 N–H and O–H groups in total. The summed E-state index contributed by atoms with van der Waals surface area (Å²) in [5.74, 6) is -0.436. The Morgan fingerprint density at radius 1 is 1.19 bits per heavy atom. The molecule has 0 bridgehead atoms. The van der Waals surface area contributed by atoms with Crippen LogP contribution < -0.4 is 5.32 Å². The third-order valence-corrected chi connectivity index (χ3v) is 5.88. The van der Waals surface area contributed by atoms with Crippen molar-refractivity contribution in [1.82, 2.24) is 15.2 Å². The van der Waals surface area contributed by atoms with Crippen molar-refractivity contribution in [3.05, 3.63) is 63.6 Å². The first kappa shape index (κ1) is 18.5. The summed E-state index contributed by atoms with van der Waals surface area (Å²) >= 11 is 4.91. The summed E-state index contributed by atoms with van der Waals surface area (Å²) in [4.78, 5) is 30.8. The van der Waals surface area contributed by atoms with Crippen LogP contribution in [0.5, 0.6) is 0 Å². The number of rotatable bonds is 5. The maximum atomic E-state index is 12.4. The highest BCUT2D eigenvalue weighted by molar-refractivity contribution is 9.10. The zero-order valence-electron chi connectivity index (χ0n) is 14.4. The minimum atomic E-state index is -0.271. The Labute approximate surface area is 164 Å². The number of carbonyl (C=O) groups is 2. The molecule has 1 aromatic heterocycles. The summed E-state index contributed by atoms with van der Waals surface area (Å²) in [5, 5.41) is 3.55. The van der Waals surface area contributed by atoms with Crippen LogP contribution in [0.25, 0.3) is 10.2 Å². The van der Waals surface area contributed by atoms with Crippen LogP contribution in [0.2, 0.25) is 0 Å². The fourth-order valence-corrected chi connectivity index (χ4v) is 3.76. The van der Waals surface area contributed by atoms with Gasteiger partial charge in [-0.15, -0.1) is 11.3 Å². The van der Waals surface area contributed by atoms with Crippen LogP contribution in [0.1, 0.15) is 28.3 Å². The molecule has 0 saturated heterocycles. The van der Waals surface area contributed by atoms with Gasteiger partial charge in [0, 0.05) is 17.1 Å². The van der Waals surface area contributed by atoms with Gasteiger partial charge in [-0.1, -0.05) is 28.1 Å². The van der Waals surface area contributed by atoms with Gasteiger partial charge >= 0.3 is 0 Å². The van der Waals surface area contributed by atoms with Gasteiger partial charge in [-0.05, 0) is 43.3 Å². The molecule has 134 valence electrons. The van der Waals surface area contributed by atoms with E-state index >= 15 is 0 Å². The molecule has 0 saturated carbocycles. The van der Waals surface area contributed by atoms with Gasteiger partial charge in [-0.2, -0.15) is 0 Å². The monoisotopic (exact) mass is 431 g/mol. The number of carbonyl (C=O) groups excluding carboxylic acids is 2. The molecule has 1 heterocycles. The highest BCUT2D eigenvalue weighted by Gasteiger charge is 2.21. The number of hydrogen-bond donors (Lipinski definition) is 1. The topological polar surface area (TPSA) is 62.3 Å². The Balaban J connectivity index is 1.61. The van der Waals surface area contributed by atoms with E-state index < -0.39 is 0 Å². The lowest BCUT2D eigenvalue weighted by atomic mass is 10.2. The lowest BCUT2D eigenvalue weighted by molar-refractivity contribution is -0.130. The summed E-state index contributed by atoms with van der Waals surface area (Å²) in [6.07, 6.45) is 0. The van der Waals surface area contributed by atoms with E-state index in [0.717, 1.165) is 19.7 Å². The van der Waals surface area contributed by atoms with Gasteiger partial charge in [0.15, 0.2) is 0 Å². The predicted octanol–water partition coefficient (Wildman–Crippen LogP) is 4.01. The number of nitrogens with one attached hydrogen (secondary N) is 1. The Bertz CT molecular complexity index is 906. The van der Waals surface area contributed by atoms with Crippen molar-refractivity contribution in [2.45, 2.75) is 13.0 Å². The van der Waals surface area contributed by atoms with Crippen molar-refractivity contribution in [2.75, 3.05) is 13.6 Å². The van der Waals surface area contributed by atoms with E-state index in [-0.39, 0.29) is 24.4 Å². The van der Waals surface area contributed by atoms with Crippen molar-refractivity contribution in [1.29, 1.82) is 0 Å². The third-order valence-electron chi connectivity index (χ3n) is 4.15. The van der Waals surface area contributed by atoms with Crippen LogP contribution in [-0.4, -0.2) is 35.3 Å². The highest BCUT2D eigenvalue weighted by Crippen LogP contribution is 2.28. The van der Waals surface area contributed by atoms with Crippen LogP contribution >= 0.6 is 27.3 Å². The van der Waals surface area contributed by atoms with Gasteiger partial charge in [-0.3, -0.25) is 9.59 Å². The second kappa shape index (κ2) is 7.97. The van der Waals surface area contributed by atoms with Crippen molar-refractivity contribution < 1.29 is 9.59 Å². The van der Waals surface area contributed by atoms with E-state index in [1.54, 1.807) is 47.5 Å². The third kappa shape index (κ3) is 4.11. The Morgan fingerprint density at radius 2 is 1.88 bits per heavy atom. The van der Waals surface area contributed by atoms with E-state index in [0.29, 0.717) is 5.56 Å². The van der Waals surface area contributed by atoms with E-state index in [1.807, 2.05) is 31.2 Å².